The van der Waals surface area contributed by atoms with Crippen LogP contribution >= 0.6 is 0 Å². The van der Waals surface area contributed by atoms with Crippen molar-refractivity contribution in [3.8, 4) is 5.75 Å². The zero-order valence-corrected chi connectivity index (χ0v) is 10.8. The number of nitrogens with zero attached hydrogens (tertiary/aromatic N) is 1. The number of pyridine rings is 1. The zero-order valence-electron chi connectivity index (χ0n) is 10.8. The number of benzene rings is 1. The van der Waals surface area contributed by atoms with Gasteiger partial charge < -0.3 is 10.1 Å². The van der Waals surface area contributed by atoms with Crippen LogP contribution in [0.25, 0.3) is 0 Å². The van der Waals surface area contributed by atoms with E-state index in [4.69, 9.17) is 4.74 Å². The number of aryl methyl sites for hydroxylation is 1. The van der Waals surface area contributed by atoms with Gasteiger partial charge in [0.1, 0.15) is 5.75 Å². The smallest absolute Gasteiger partial charge is 0.258 e. The first kappa shape index (κ1) is 13.1. The molecule has 1 heterocycles. The Balaban J connectivity index is 1.78. The summed E-state index contributed by atoms with van der Waals surface area (Å²) in [6, 6.07) is 11.4. The van der Waals surface area contributed by atoms with E-state index in [0.717, 1.165) is 16.9 Å². The highest BCUT2D eigenvalue weighted by molar-refractivity contribution is 5.77. The number of amides is 1. The lowest BCUT2D eigenvalue weighted by Gasteiger charge is -2.09. The fraction of sp³-hybridized carbons (Fsp3) is 0.200. The van der Waals surface area contributed by atoms with Crippen LogP contribution in [0.1, 0.15) is 11.1 Å². The summed E-state index contributed by atoms with van der Waals surface area (Å²) in [6.45, 7) is 2.46. The molecule has 4 nitrogen and oxygen atoms in total. The molecule has 0 atom stereocenters. The number of para-hydroxylation sites is 1. The summed E-state index contributed by atoms with van der Waals surface area (Å²) in [5.41, 5.74) is 2.03. The number of rotatable bonds is 5. The van der Waals surface area contributed by atoms with Crippen molar-refractivity contribution in [2.75, 3.05) is 6.61 Å². The number of hydrogen-bond donors (Lipinski definition) is 1. The molecule has 1 N–H and O–H groups in total. The van der Waals surface area contributed by atoms with Crippen molar-refractivity contribution >= 4 is 5.91 Å². The van der Waals surface area contributed by atoms with Crippen LogP contribution in [0.2, 0.25) is 0 Å². The summed E-state index contributed by atoms with van der Waals surface area (Å²) in [5, 5.41) is 2.80. The second kappa shape index (κ2) is 6.54. The summed E-state index contributed by atoms with van der Waals surface area (Å²) < 4.78 is 5.46. The van der Waals surface area contributed by atoms with Gasteiger partial charge in [-0.15, -0.1) is 0 Å². The van der Waals surface area contributed by atoms with Gasteiger partial charge in [-0.3, -0.25) is 9.78 Å². The molecule has 0 aliphatic rings. The Kier molecular flexibility index (Phi) is 4.50. The molecular formula is C15H16N2O2. The molecule has 2 rings (SSSR count). The molecule has 1 aromatic heterocycles. The Morgan fingerprint density at radius 2 is 1.95 bits per heavy atom. The van der Waals surface area contributed by atoms with Crippen molar-refractivity contribution in [1.82, 2.24) is 10.3 Å². The minimum Gasteiger partial charge on any atom is -0.484 e. The highest BCUT2D eigenvalue weighted by Gasteiger charge is 2.04. The van der Waals surface area contributed by atoms with Gasteiger partial charge in [-0.25, -0.2) is 0 Å². The average Bonchev–Trinajstić information content (AvgIpc) is 2.45. The van der Waals surface area contributed by atoms with E-state index in [1.165, 1.54) is 0 Å². The first-order valence-electron chi connectivity index (χ1n) is 6.10. The second-order valence-corrected chi connectivity index (χ2v) is 4.19. The van der Waals surface area contributed by atoms with Gasteiger partial charge in [-0.05, 0) is 36.2 Å². The minimum atomic E-state index is -0.139. The summed E-state index contributed by atoms with van der Waals surface area (Å²) in [5.74, 6) is 0.599. The third kappa shape index (κ3) is 4.10. The number of carbonyl (C=O) groups is 1. The van der Waals surface area contributed by atoms with Crippen LogP contribution in [0.5, 0.6) is 5.75 Å². The van der Waals surface area contributed by atoms with Gasteiger partial charge in [0.15, 0.2) is 6.61 Å². The van der Waals surface area contributed by atoms with Gasteiger partial charge in [-0.1, -0.05) is 18.2 Å². The third-order valence-corrected chi connectivity index (χ3v) is 2.69. The fourth-order valence-electron chi connectivity index (χ4n) is 1.61. The molecule has 1 aromatic carbocycles. The first-order valence-corrected chi connectivity index (χ1v) is 6.10. The molecule has 0 radical (unpaired) electrons. The molecule has 0 aliphatic carbocycles. The largest absolute Gasteiger partial charge is 0.484 e. The first-order chi connectivity index (χ1) is 9.25. The van der Waals surface area contributed by atoms with E-state index in [1.807, 2.05) is 43.3 Å². The third-order valence-electron chi connectivity index (χ3n) is 2.69. The Bertz CT molecular complexity index is 541. The number of nitrogens with one attached hydrogen (secondary N) is 1. The SMILES string of the molecule is Cc1ccccc1OCC(=O)NCc1ccncc1. The van der Waals surface area contributed by atoms with E-state index in [1.54, 1.807) is 12.4 Å². The van der Waals surface area contributed by atoms with Crippen LogP contribution < -0.4 is 10.1 Å². The van der Waals surface area contributed by atoms with Crippen LogP contribution in [0.3, 0.4) is 0 Å². The number of aromatic nitrogens is 1. The van der Waals surface area contributed by atoms with Gasteiger partial charge in [0, 0.05) is 18.9 Å². The second-order valence-electron chi connectivity index (χ2n) is 4.19. The normalized spacial score (nSPS) is 9.95. The molecule has 0 aliphatic heterocycles. The summed E-state index contributed by atoms with van der Waals surface area (Å²) in [7, 11) is 0. The maximum absolute atomic E-state index is 11.6. The van der Waals surface area contributed by atoms with Gasteiger partial charge in [0.2, 0.25) is 0 Å². The number of hydrogen-bond acceptors (Lipinski definition) is 3. The van der Waals surface area contributed by atoms with Crippen LogP contribution in [-0.2, 0) is 11.3 Å². The average molecular weight is 256 g/mol. The number of ether oxygens (including phenoxy) is 1. The van der Waals surface area contributed by atoms with Crippen molar-refractivity contribution in [2.45, 2.75) is 13.5 Å². The molecule has 0 saturated heterocycles. The monoisotopic (exact) mass is 256 g/mol. The van der Waals surface area contributed by atoms with Crippen LogP contribution in [0.4, 0.5) is 0 Å². The number of carbonyl (C=O) groups excluding carboxylic acids is 1. The quantitative estimate of drug-likeness (QED) is 0.891. The van der Waals surface area contributed by atoms with E-state index >= 15 is 0 Å². The summed E-state index contributed by atoms with van der Waals surface area (Å²) in [4.78, 5) is 15.6. The van der Waals surface area contributed by atoms with Crippen molar-refractivity contribution in [2.24, 2.45) is 0 Å². The van der Waals surface area contributed by atoms with Crippen molar-refractivity contribution < 1.29 is 9.53 Å². The molecule has 0 fully saturated rings. The summed E-state index contributed by atoms with van der Waals surface area (Å²) >= 11 is 0. The van der Waals surface area contributed by atoms with E-state index in [-0.39, 0.29) is 12.5 Å². The maximum atomic E-state index is 11.6. The molecule has 1 amide bonds. The van der Waals surface area contributed by atoms with E-state index in [9.17, 15) is 4.79 Å². The Morgan fingerprint density at radius 1 is 1.21 bits per heavy atom. The standard InChI is InChI=1S/C15H16N2O2/c1-12-4-2-3-5-14(12)19-11-15(18)17-10-13-6-8-16-9-7-13/h2-9H,10-11H2,1H3,(H,17,18). The molecule has 0 unspecified atom stereocenters. The highest BCUT2D eigenvalue weighted by Crippen LogP contribution is 2.15. The molecule has 0 spiro atoms. The molecule has 19 heavy (non-hydrogen) atoms. The predicted molar refractivity (Wildman–Crippen MR) is 72.8 cm³/mol. The minimum absolute atomic E-state index is 0.0237. The lowest BCUT2D eigenvalue weighted by Crippen LogP contribution is -2.28. The van der Waals surface area contributed by atoms with Gasteiger partial charge in [0.25, 0.3) is 5.91 Å². The van der Waals surface area contributed by atoms with Crippen molar-refractivity contribution in [3.05, 3.63) is 59.9 Å². The van der Waals surface area contributed by atoms with Crippen LogP contribution in [-0.4, -0.2) is 17.5 Å². The molecule has 98 valence electrons. The molecule has 4 heteroatoms. The zero-order chi connectivity index (χ0) is 13.5. The fourth-order valence-corrected chi connectivity index (χ4v) is 1.61. The molecule has 0 bridgehead atoms. The van der Waals surface area contributed by atoms with Gasteiger partial charge in [0.05, 0.1) is 0 Å². The molecule has 2 aromatic rings. The van der Waals surface area contributed by atoms with E-state index in [2.05, 4.69) is 10.3 Å². The van der Waals surface area contributed by atoms with Crippen molar-refractivity contribution in [1.29, 1.82) is 0 Å². The van der Waals surface area contributed by atoms with Crippen molar-refractivity contribution in [3.63, 3.8) is 0 Å². The Morgan fingerprint density at radius 3 is 2.68 bits per heavy atom. The summed E-state index contributed by atoms with van der Waals surface area (Å²) in [6.07, 6.45) is 3.40. The van der Waals surface area contributed by atoms with Crippen LogP contribution in [0, 0.1) is 6.92 Å². The Hall–Kier alpha value is -2.36. The lowest BCUT2D eigenvalue weighted by molar-refractivity contribution is -0.123. The van der Waals surface area contributed by atoms with Gasteiger partial charge >= 0.3 is 0 Å². The molecule has 0 saturated carbocycles. The van der Waals surface area contributed by atoms with Gasteiger partial charge in [-0.2, -0.15) is 0 Å². The maximum Gasteiger partial charge on any atom is 0.258 e. The molecular weight excluding hydrogens is 240 g/mol. The van der Waals surface area contributed by atoms with Crippen LogP contribution in [0.15, 0.2) is 48.8 Å². The Labute approximate surface area is 112 Å². The topological polar surface area (TPSA) is 51.2 Å². The van der Waals surface area contributed by atoms with E-state index in [0.29, 0.717) is 6.54 Å². The predicted octanol–water partition coefficient (Wildman–Crippen LogP) is 2.09. The highest BCUT2D eigenvalue weighted by atomic mass is 16.5. The lowest BCUT2D eigenvalue weighted by atomic mass is 10.2. The van der Waals surface area contributed by atoms with E-state index < -0.39 is 0 Å².